The Bertz CT molecular complexity index is 539. The number of nitrogens with zero attached hydrogens (tertiary/aromatic N) is 3. The first-order valence-electron chi connectivity index (χ1n) is 6.17. The van der Waals surface area contributed by atoms with Gasteiger partial charge >= 0.3 is 0 Å². The largest absolute Gasteiger partial charge is 0.308 e. The number of hydrogen-bond donors (Lipinski definition) is 1. The lowest BCUT2D eigenvalue weighted by Gasteiger charge is -2.04. The minimum absolute atomic E-state index is 0.485. The van der Waals surface area contributed by atoms with E-state index in [1.165, 1.54) is 11.3 Å². The van der Waals surface area contributed by atoms with Gasteiger partial charge in [0.15, 0.2) is 0 Å². The van der Waals surface area contributed by atoms with E-state index >= 15 is 0 Å². The van der Waals surface area contributed by atoms with E-state index in [0.717, 1.165) is 22.9 Å². The van der Waals surface area contributed by atoms with Gasteiger partial charge in [-0.3, -0.25) is 4.68 Å². The Hall–Kier alpha value is -1.20. The molecule has 0 aliphatic rings. The maximum absolute atomic E-state index is 4.69. The third kappa shape index (κ3) is 2.62. The van der Waals surface area contributed by atoms with Gasteiger partial charge in [0.1, 0.15) is 5.01 Å². The molecule has 2 aromatic heterocycles. The number of thiazole rings is 1. The van der Waals surface area contributed by atoms with Crippen molar-refractivity contribution in [3.8, 4) is 11.3 Å². The van der Waals surface area contributed by atoms with Crippen LogP contribution >= 0.6 is 11.3 Å². The highest BCUT2D eigenvalue weighted by atomic mass is 32.1. The van der Waals surface area contributed by atoms with Gasteiger partial charge < -0.3 is 5.32 Å². The summed E-state index contributed by atoms with van der Waals surface area (Å²) in [4.78, 5) is 4.69. The number of hydrogen-bond acceptors (Lipinski definition) is 4. The van der Waals surface area contributed by atoms with Crippen LogP contribution in [0, 0.1) is 13.8 Å². The zero-order valence-electron chi connectivity index (χ0n) is 11.6. The highest BCUT2D eigenvalue weighted by Crippen LogP contribution is 2.27. The smallest absolute Gasteiger partial charge is 0.107 e. The van der Waals surface area contributed by atoms with Gasteiger partial charge in [-0.05, 0) is 13.8 Å². The summed E-state index contributed by atoms with van der Waals surface area (Å²) >= 11 is 1.70. The van der Waals surface area contributed by atoms with E-state index in [2.05, 4.69) is 36.6 Å². The van der Waals surface area contributed by atoms with Crippen molar-refractivity contribution in [3.63, 3.8) is 0 Å². The molecule has 0 aliphatic carbocycles. The Morgan fingerprint density at radius 1 is 1.39 bits per heavy atom. The summed E-state index contributed by atoms with van der Waals surface area (Å²) in [6.07, 6.45) is 0. The first-order valence-corrected chi connectivity index (χ1v) is 7.05. The van der Waals surface area contributed by atoms with Crippen molar-refractivity contribution in [1.29, 1.82) is 0 Å². The summed E-state index contributed by atoms with van der Waals surface area (Å²) in [5, 5.41) is 11.1. The average Bonchev–Trinajstić information content (AvgIpc) is 2.83. The zero-order chi connectivity index (χ0) is 13.3. The van der Waals surface area contributed by atoms with Crippen molar-refractivity contribution in [1.82, 2.24) is 20.1 Å². The lowest BCUT2D eigenvalue weighted by Crippen LogP contribution is -2.21. The monoisotopic (exact) mass is 264 g/mol. The molecular weight excluding hydrogens is 244 g/mol. The lowest BCUT2D eigenvalue weighted by atomic mass is 10.1. The Balaban J connectivity index is 2.24. The highest BCUT2D eigenvalue weighted by molar-refractivity contribution is 7.09. The molecule has 4 nitrogen and oxygen atoms in total. The second-order valence-electron chi connectivity index (χ2n) is 4.83. The Morgan fingerprint density at radius 3 is 2.67 bits per heavy atom. The molecule has 0 amide bonds. The van der Waals surface area contributed by atoms with Crippen molar-refractivity contribution in [2.75, 3.05) is 0 Å². The first-order chi connectivity index (χ1) is 8.49. The molecule has 1 N–H and O–H groups in total. The molecule has 2 heterocycles. The fraction of sp³-hybridized carbons (Fsp3) is 0.538. The van der Waals surface area contributed by atoms with E-state index in [9.17, 15) is 0 Å². The number of nitrogens with one attached hydrogen (secondary N) is 1. The molecule has 0 aromatic carbocycles. The van der Waals surface area contributed by atoms with Crippen molar-refractivity contribution in [3.05, 3.63) is 21.8 Å². The van der Waals surface area contributed by atoms with Crippen LogP contribution in [0.4, 0.5) is 0 Å². The standard InChI is InChI=1S/C13H20N4S/c1-8(2)14-6-12-15-11(7-18-12)13-9(3)16-17(5)10(13)4/h7-8,14H,6H2,1-5H3. The van der Waals surface area contributed by atoms with Crippen LogP contribution in [-0.2, 0) is 13.6 Å². The molecule has 0 radical (unpaired) electrons. The molecule has 0 aliphatic heterocycles. The van der Waals surface area contributed by atoms with Gasteiger partial charge in [-0.1, -0.05) is 13.8 Å². The van der Waals surface area contributed by atoms with Gasteiger partial charge in [-0.15, -0.1) is 11.3 Å². The molecule has 2 rings (SSSR count). The molecule has 5 heteroatoms. The van der Waals surface area contributed by atoms with Gasteiger partial charge in [-0.2, -0.15) is 5.10 Å². The summed E-state index contributed by atoms with van der Waals surface area (Å²) in [6, 6.07) is 0.485. The Morgan fingerprint density at radius 2 is 2.11 bits per heavy atom. The van der Waals surface area contributed by atoms with Crippen molar-refractivity contribution in [2.45, 2.75) is 40.3 Å². The number of aromatic nitrogens is 3. The molecule has 0 unspecified atom stereocenters. The molecular formula is C13H20N4S. The molecule has 2 aromatic rings. The van der Waals surface area contributed by atoms with E-state index in [0.29, 0.717) is 6.04 Å². The van der Waals surface area contributed by atoms with Crippen LogP contribution in [-0.4, -0.2) is 20.8 Å². The van der Waals surface area contributed by atoms with Crippen LogP contribution in [0.25, 0.3) is 11.3 Å². The van der Waals surface area contributed by atoms with E-state index in [4.69, 9.17) is 4.98 Å². The molecule has 0 spiro atoms. The molecule has 0 bridgehead atoms. The van der Waals surface area contributed by atoms with Crippen LogP contribution < -0.4 is 5.32 Å². The van der Waals surface area contributed by atoms with E-state index in [-0.39, 0.29) is 0 Å². The minimum Gasteiger partial charge on any atom is -0.308 e. The fourth-order valence-corrected chi connectivity index (χ4v) is 2.68. The van der Waals surface area contributed by atoms with Gasteiger partial charge in [0, 0.05) is 36.3 Å². The van der Waals surface area contributed by atoms with Gasteiger partial charge in [0.25, 0.3) is 0 Å². The molecule has 0 atom stereocenters. The number of rotatable bonds is 4. The number of aryl methyl sites for hydroxylation is 2. The van der Waals surface area contributed by atoms with Crippen LogP contribution in [0.15, 0.2) is 5.38 Å². The first kappa shape index (κ1) is 13.2. The highest BCUT2D eigenvalue weighted by Gasteiger charge is 2.14. The summed E-state index contributed by atoms with van der Waals surface area (Å²) < 4.78 is 1.91. The SMILES string of the molecule is Cc1nn(C)c(C)c1-c1csc(CNC(C)C)n1. The average molecular weight is 264 g/mol. The van der Waals surface area contributed by atoms with Gasteiger partial charge in [-0.25, -0.2) is 4.98 Å². The predicted octanol–water partition coefficient (Wildman–Crippen LogP) is 2.66. The molecule has 0 saturated carbocycles. The summed E-state index contributed by atoms with van der Waals surface area (Å²) in [6.45, 7) is 9.24. The predicted molar refractivity (Wildman–Crippen MR) is 75.8 cm³/mol. The topological polar surface area (TPSA) is 42.7 Å². The summed E-state index contributed by atoms with van der Waals surface area (Å²) in [5.74, 6) is 0. The van der Waals surface area contributed by atoms with Crippen molar-refractivity contribution in [2.24, 2.45) is 7.05 Å². The van der Waals surface area contributed by atoms with Gasteiger partial charge in [0.2, 0.25) is 0 Å². The third-order valence-corrected chi connectivity index (χ3v) is 3.83. The molecule has 98 valence electrons. The maximum atomic E-state index is 4.69. The molecule has 0 fully saturated rings. The van der Waals surface area contributed by atoms with Crippen LogP contribution in [0.5, 0.6) is 0 Å². The summed E-state index contributed by atoms with van der Waals surface area (Å²) in [5.41, 5.74) is 4.43. The fourth-order valence-electron chi connectivity index (χ4n) is 1.94. The zero-order valence-corrected chi connectivity index (χ0v) is 12.4. The third-order valence-electron chi connectivity index (χ3n) is 2.98. The van der Waals surface area contributed by atoms with E-state index < -0.39 is 0 Å². The maximum Gasteiger partial charge on any atom is 0.107 e. The lowest BCUT2D eigenvalue weighted by molar-refractivity contribution is 0.587. The molecule has 0 saturated heterocycles. The van der Waals surface area contributed by atoms with Crippen molar-refractivity contribution < 1.29 is 0 Å². The Kier molecular flexibility index (Phi) is 3.82. The van der Waals surface area contributed by atoms with E-state index in [1.807, 2.05) is 18.7 Å². The van der Waals surface area contributed by atoms with Crippen LogP contribution in [0.3, 0.4) is 0 Å². The Labute approximate surface area is 112 Å². The quantitative estimate of drug-likeness (QED) is 0.923. The minimum atomic E-state index is 0.485. The van der Waals surface area contributed by atoms with E-state index in [1.54, 1.807) is 11.3 Å². The van der Waals surface area contributed by atoms with Crippen LogP contribution in [0.2, 0.25) is 0 Å². The second kappa shape index (κ2) is 5.20. The second-order valence-corrected chi connectivity index (χ2v) is 5.77. The summed E-state index contributed by atoms with van der Waals surface area (Å²) in [7, 11) is 1.97. The van der Waals surface area contributed by atoms with Gasteiger partial charge in [0.05, 0.1) is 11.4 Å². The normalized spacial score (nSPS) is 11.4. The van der Waals surface area contributed by atoms with Crippen LogP contribution in [0.1, 0.15) is 30.2 Å². The van der Waals surface area contributed by atoms with Crippen molar-refractivity contribution >= 4 is 11.3 Å². The molecule has 18 heavy (non-hydrogen) atoms.